The first-order valence-corrected chi connectivity index (χ1v) is 23.4. The molecular formula is C60H34N8. The van der Waals surface area contributed by atoms with E-state index in [2.05, 4.69) is 156 Å². The number of nitrogens with zero attached hydrogens (tertiary/aromatic N) is 6. The van der Waals surface area contributed by atoms with E-state index in [1.165, 1.54) is 89.0 Å². The van der Waals surface area contributed by atoms with E-state index >= 15 is 0 Å². The van der Waals surface area contributed by atoms with Gasteiger partial charge in [-0.2, -0.15) is 0 Å². The van der Waals surface area contributed by atoms with Crippen molar-refractivity contribution in [1.82, 2.24) is 39.9 Å². The van der Waals surface area contributed by atoms with Crippen LogP contribution in [-0.4, -0.2) is 39.9 Å². The molecule has 314 valence electrons. The fourth-order valence-electron chi connectivity index (χ4n) is 12.3. The smallest absolute Gasteiger partial charge is 0.164 e. The Kier molecular flexibility index (Phi) is 6.51. The monoisotopic (exact) mass is 866 g/mol. The maximum atomic E-state index is 5.51. The van der Waals surface area contributed by atoms with Crippen LogP contribution in [-0.2, 0) is 25.7 Å². The molecule has 8 nitrogen and oxygen atoms in total. The molecule has 0 fully saturated rings. The van der Waals surface area contributed by atoms with E-state index in [1.54, 1.807) is 0 Å². The molecule has 0 atom stereocenters. The van der Waals surface area contributed by atoms with Gasteiger partial charge in [0.15, 0.2) is 23.3 Å². The first-order valence-electron chi connectivity index (χ1n) is 23.4. The van der Waals surface area contributed by atoms with E-state index in [1.807, 2.05) is 0 Å². The lowest BCUT2D eigenvalue weighted by Crippen LogP contribution is -1.87. The number of nitrogens with one attached hydrogen (secondary N) is 2. The second-order valence-corrected chi connectivity index (χ2v) is 19.2. The molecule has 8 heteroatoms. The predicted molar refractivity (Wildman–Crippen MR) is 269 cm³/mol. The lowest BCUT2D eigenvalue weighted by Gasteiger charge is -2.05. The van der Waals surface area contributed by atoms with Crippen LogP contribution in [0.4, 0.5) is 0 Å². The molecule has 2 N–H and O–H groups in total. The van der Waals surface area contributed by atoms with Crippen LogP contribution < -0.4 is 0 Å². The highest BCUT2D eigenvalue weighted by molar-refractivity contribution is 6.10. The van der Waals surface area contributed by atoms with Gasteiger partial charge in [-0.1, -0.05) is 97.1 Å². The second-order valence-electron chi connectivity index (χ2n) is 19.2. The summed E-state index contributed by atoms with van der Waals surface area (Å²) in [5, 5.41) is 3.95. The molecule has 4 aliphatic carbocycles. The lowest BCUT2D eigenvalue weighted by molar-refractivity contribution is 1.19. The van der Waals surface area contributed by atoms with E-state index in [0.29, 0.717) is 45.9 Å². The highest BCUT2D eigenvalue weighted by atomic mass is 15.1. The van der Waals surface area contributed by atoms with Crippen LogP contribution in [0.15, 0.2) is 146 Å². The third kappa shape index (κ3) is 4.73. The lowest BCUT2D eigenvalue weighted by atomic mass is 9.98. The average molecular weight is 867 g/mol. The minimum Gasteiger partial charge on any atom is -0.324 e. The molecule has 8 aromatic carbocycles. The first kappa shape index (κ1) is 35.4. The third-order valence-electron chi connectivity index (χ3n) is 15.5. The minimum absolute atomic E-state index is 0.612. The normalized spacial score (nSPS) is 13.6. The van der Waals surface area contributed by atoms with E-state index in [0.717, 1.165) is 69.5 Å². The summed E-state index contributed by atoms with van der Waals surface area (Å²) < 4.78 is 0. The number of aromatic nitrogens is 8. The molecule has 17 rings (SSSR count). The zero-order valence-electron chi connectivity index (χ0n) is 36.4. The Bertz CT molecular complexity index is 4120. The Balaban J connectivity index is 1.01. The molecule has 3 aromatic heterocycles. The first-order chi connectivity index (χ1) is 33.6. The molecule has 0 spiro atoms. The molecule has 0 saturated carbocycles. The minimum atomic E-state index is 0.612. The number of hydrogen-bond acceptors (Lipinski definition) is 6. The molecule has 0 amide bonds. The number of hydrogen-bond donors (Lipinski definition) is 2. The molecule has 11 aromatic rings. The van der Waals surface area contributed by atoms with Gasteiger partial charge in [-0.05, 0) is 163 Å². The summed E-state index contributed by atoms with van der Waals surface area (Å²) in [6.07, 6.45) is 3.43. The Labute approximate surface area is 388 Å². The van der Waals surface area contributed by atoms with E-state index in [9.17, 15) is 0 Å². The molecule has 6 aliphatic rings. The summed E-state index contributed by atoms with van der Waals surface area (Å²) in [4.78, 5) is 40.3. The van der Waals surface area contributed by atoms with Crippen LogP contribution in [0.1, 0.15) is 44.5 Å². The van der Waals surface area contributed by atoms with Crippen LogP contribution >= 0.6 is 0 Å². The number of fused-ring (bicyclic) bond motifs is 32. The maximum absolute atomic E-state index is 5.51. The average Bonchev–Trinajstić information content (AvgIpc) is 4.26. The summed E-state index contributed by atoms with van der Waals surface area (Å²) >= 11 is 0. The quantitative estimate of drug-likeness (QED) is 0.157. The van der Waals surface area contributed by atoms with E-state index in [4.69, 9.17) is 29.9 Å². The van der Waals surface area contributed by atoms with Crippen molar-refractivity contribution >= 4 is 44.1 Å². The van der Waals surface area contributed by atoms with Crippen LogP contribution in [0.2, 0.25) is 0 Å². The maximum Gasteiger partial charge on any atom is 0.164 e. The Morgan fingerprint density at radius 3 is 0.868 bits per heavy atom. The van der Waals surface area contributed by atoms with Crippen molar-refractivity contribution < 1.29 is 0 Å². The van der Waals surface area contributed by atoms with Crippen molar-refractivity contribution in [3.63, 3.8) is 0 Å². The molecule has 0 saturated heterocycles. The van der Waals surface area contributed by atoms with Gasteiger partial charge < -0.3 is 9.97 Å². The number of benzene rings is 8. The number of H-pyrrole nitrogens is 2. The highest BCUT2D eigenvalue weighted by Gasteiger charge is 2.30. The van der Waals surface area contributed by atoms with Crippen molar-refractivity contribution in [2.45, 2.75) is 25.7 Å². The topological polar surface area (TPSA) is 109 Å². The molecule has 2 aliphatic heterocycles. The Hall–Kier alpha value is -8.88. The summed E-state index contributed by atoms with van der Waals surface area (Å²) in [7, 11) is 0. The SMILES string of the molecule is c1ccc2c(c1)Cc1cc3c(cc1-2)-c1nc-3nc2[nH]c(nc3nc(nc4[nH]c(n1)c1cc5c(cc41)-c1ccccc1C5)-c1cc4c(cc1-3)-c1ccccc1C4)c1cc3c(cc21)-c1ccccc1C3. The van der Waals surface area contributed by atoms with Crippen molar-refractivity contribution in [1.29, 1.82) is 0 Å². The number of aromatic amines is 2. The summed E-state index contributed by atoms with van der Waals surface area (Å²) in [6, 6.07) is 53.3. The number of rotatable bonds is 0. The zero-order chi connectivity index (χ0) is 43.9. The third-order valence-corrected chi connectivity index (χ3v) is 15.5. The summed E-state index contributed by atoms with van der Waals surface area (Å²) in [6.45, 7) is 0. The summed E-state index contributed by atoms with van der Waals surface area (Å²) in [5.41, 5.74) is 27.0. The van der Waals surface area contributed by atoms with Gasteiger partial charge in [-0.25, -0.2) is 29.9 Å². The van der Waals surface area contributed by atoms with Crippen LogP contribution in [0.3, 0.4) is 0 Å². The Morgan fingerprint density at radius 2 is 0.515 bits per heavy atom. The van der Waals surface area contributed by atoms with Crippen molar-refractivity contribution in [3.8, 4) is 90.1 Å². The van der Waals surface area contributed by atoms with Crippen molar-refractivity contribution in [2.75, 3.05) is 0 Å². The molecule has 0 unspecified atom stereocenters. The fraction of sp³-hybridized carbons (Fsp3) is 0.0667. The van der Waals surface area contributed by atoms with Crippen molar-refractivity contribution in [3.05, 3.63) is 190 Å². The molecule has 8 bridgehead atoms. The van der Waals surface area contributed by atoms with Crippen molar-refractivity contribution in [2.24, 2.45) is 0 Å². The van der Waals surface area contributed by atoms with Crippen LogP contribution in [0, 0.1) is 0 Å². The van der Waals surface area contributed by atoms with Gasteiger partial charge in [-0.15, -0.1) is 0 Å². The highest BCUT2D eigenvalue weighted by Crippen LogP contribution is 2.48. The molecule has 5 heterocycles. The van der Waals surface area contributed by atoms with Gasteiger partial charge in [0.05, 0.1) is 0 Å². The standard InChI is InChI=1S/C60H34N8/c1-5-13-37-29(9-1)17-33-21-45-49(25-41(33)37)57-61-53(45)65-58-50-26-42-35(19-31-11-2-6-14-38(31)42)23-47(50)55(63-58)67-60-52-28-44-36(20-32-12-4-8-16-40(32)44)24-48(52)56(64-60)68-59-51-27-43-34(22-46(51)54(62-59)66-57)18-30-10-3-7-15-39(30)43/h1-16,21-28H,17-20H2,(H2,61,62,63,64,65,66,67,68). The van der Waals surface area contributed by atoms with Gasteiger partial charge in [0, 0.05) is 43.8 Å². The predicted octanol–water partition coefficient (Wildman–Crippen LogP) is 13.2. The second kappa shape index (κ2) is 12.5. The Morgan fingerprint density at radius 1 is 0.235 bits per heavy atom. The molecule has 68 heavy (non-hydrogen) atoms. The van der Waals surface area contributed by atoms with Crippen LogP contribution in [0.25, 0.3) is 134 Å². The van der Waals surface area contributed by atoms with Gasteiger partial charge in [0.2, 0.25) is 0 Å². The molecular weight excluding hydrogens is 833 g/mol. The zero-order valence-corrected chi connectivity index (χ0v) is 36.4. The van der Waals surface area contributed by atoms with Gasteiger partial charge >= 0.3 is 0 Å². The largest absolute Gasteiger partial charge is 0.324 e. The summed E-state index contributed by atoms with van der Waals surface area (Å²) in [5.74, 6) is 2.46. The van der Waals surface area contributed by atoms with Gasteiger partial charge in [0.1, 0.15) is 22.6 Å². The fourth-order valence-corrected chi connectivity index (χ4v) is 12.3. The van der Waals surface area contributed by atoms with E-state index < -0.39 is 0 Å². The molecule has 0 radical (unpaired) electrons. The van der Waals surface area contributed by atoms with Gasteiger partial charge in [0.25, 0.3) is 0 Å². The van der Waals surface area contributed by atoms with Gasteiger partial charge in [-0.3, -0.25) is 0 Å². The van der Waals surface area contributed by atoms with Crippen LogP contribution in [0.5, 0.6) is 0 Å². The van der Waals surface area contributed by atoms with E-state index in [-0.39, 0.29) is 0 Å².